The lowest BCUT2D eigenvalue weighted by Gasteiger charge is -2.10. The van der Waals surface area contributed by atoms with Crippen molar-refractivity contribution >= 4 is 31.8 Å². The molecule has 0 spiro atoms. The molecular weight excluding hydrogens is 313 g/mol. The summed E-state index contributed by atoms with van der Waals surface area (Å²) in [6.45, 7) is 0. The number of hydrogen-bond acceptors (Lipinski definition) is 3. The summed E-state index contributed by atoms with van der Waals surface area (Å²) < 4.78 is 59.9. The van der Waals surface area contributed by atoms with Crippen LogP contribution in [-0.2, 0) is 10.0 Å². The summed E-state index contributed by atoms with van der Waals surface area (Å²) in [5, 5.41) is 0. The highest BCUT2D eigenvalue weighted by molar-refractivity contribution is 9.10. The predicted molar refractivity (Wildman–Crippen MR) is 55.4 cm³/mol. The Bertz CT molecular complexity index is 475. The second-order valence-corrected chi connectivity index (χ2v) is 5.39. The molecule has 1 aromatic rings. The first kappa shape index (κ1) is 13.2. The fraction of sp³-hybridized carbons (Fsp3) is 0.286. The number of sulfonamides is 1. The Balaban J connectivity index is 2.86. The number of nitrogens with one attached hydrogen (secondary N) is 1. The lowest BCUT2D eigenvalue weighted by atomic mass is 10.5. The number of pyridine rings is 1. The van der Waals surface area contributed by atoms with Gasteiger partial charge in [0.25, 0.3) is 0 Å². The van der Waals surface area contributed by atoms with Gasteiger partial charge in [0, 0.05) is 6.20 Å². The van der Waals surface area contributed by atoms with Gasteiger partial charge in [0.1, 0.15) is 0 Å². The number of halogens is 4. The predicted octanol–water partition coefficient (Wildman–Crippen LogP) is 2.15. The van der Waals surface area contributed by atoms with Gasteiger partial charge in [-0.05, 0) is 28.1 Å². The first-order valence-electron chi connectivity index (χ1n) is 3.87. The second kappa shape index (κ2) is 4.58. The van der Waals surface area contributed by atoms with Gasteiger partial charge in [0.05, 0.1) is 4.47 Å². The molecule has 9 heteroatoms. The summed E-state index contributed by atoms with van der Waals surface area (Å²) >= 11 is 2.96. The molecule has 1 heterocycles. The van der Waals surface area contributed by atoms with Gasteiger partial charge in [-0.15, -0.1) is 0 Å². The van der Waals surface area contributed by atoms with Crippen LogP contribution in [0.3, 0.4) is 0 Å². The summed E-state index contributed by atoms with van der Waals surface area (Å²) in [5.41, 5.74) is 0. The Morgan fingerprint density at radius 3 is 2.56 bits per heavy atom. The van der Waals surface area contributed by atoms with Crippen molar-refractivity contribution in [2.24, 2.45) is 0 Å². The van der Waals surface area contributed by atoms with Crippen molar-refractivity contribution in [1.82, 2.24) is 4.98 Å². The molecule has 0 fully saturated rings. The van der Waals surface area contributed by atoms with Gasteiger partial charge < -0.3 is 0 Å². The molecule has 0 atom stereocenters. The van der Waals surface area contributed by atoms with Crippen LogP contribution < -0.4 is 4.72 Å². The van der Waals surface area contributed by atoms with Crippen molar-refractivity contribution in [2.75, 3.05) is 10.5 Å². The molecule has 0 aromatic carbocycles. The molecule has 90 valence electrons. The maximum Gasteiger partial charge on any atom is 0.404 e. The minimum Gasteiger partial charge on any atom is -0.266 e. The minimum absolute atomic E-state index is 0.174. The average Bonchev–Trinajstić information content (AvgIpc) is 2.04. The van der Waals surface area contributed by atoms with E-state index in [2.05, 4.69) is 20.9 Å². The molecule has 0 saturated carbocycles. The number of rotatable bonds is 3. The number of nitrogens with zero attached hydrogens (tertiary/aromatic N) is 1. The van der Waals surface area contributed by atoms with Crippen LogP contribution in [0.25, 0.3) is 0 Å². The second-order valence-electron chi connectivity index (χ2n) is 2.81. The highest BCUT2D eigenvalue weighted by Gasteiger charge is 2.35. The largest absolute Gasteiger partial charge is 0.404 e. The van der Waals surface area contributed by atoms with E-state index >= 15 is 0 Å². The van der Waals surface area contributed by atoms with Crippen LogP contribution in [0.5, 0.6) is 0 Å². The molecule has 0 aliphatic carbocycles. The van der Waals surface area contributed by atoms with Crippen LogP contribution >= 0.6 is 15.9 Å². The van der Waals surface area contributed by atoms with Gasteiger partial charge in [0.15, 0.2) is 11.6 Å². The van der Waals surface area contributed by atoms with E-state index in [1.165, 1.54) is 18.3 Å². The molecule has 0 radical (unpaired) electrons. The van der Waals surface area contributed by atoms with Crippen LogP contribution in [-0.4, -0.2) is 25.3 Å². The maximum atomic E-state index is 11.9. The molecule has 0 unspecified atom stereocenters. The van der Waals surface area contributed by atoms with Crippen molar-refractivity contribution in [3.05, 3.63) is 22.8 Å². The van der Waals surface area contributed by atoms with E-state index in [9.17, 15) is 21.6 Å². The van der Waals surface area contributed by atoms with E-state index in [0.717, 1.165) is 0 Å². The summed E-state index contributed by atoms with van der Waals surface area (Å²) in [6.07, 6.45) is -3.52. The number of hydrogen-bond donors (Lipinski definition) is 1. The van der Waals surface area contributed by atoms with Crippen molar-refractivity contribution < 1.29 is 21.6 Å². The van der Waals surface area contributed by atoms with E-state index in [1.807, 2.05) is 0 Å². The van der Waals surface area contributed by atoms with E-state index in [-0.39, 0.29) is 10.3 Å². The summed E-state index contributed by atoms with van der Waals surface area (Å²) in [7, 11) is -4.48. The average molecular weight is 319 g/mol. The van der Waals surface area contributed by atoms with Crippen molar-refractivity contribution in [3.63, 3.8) is 0 Å². The number of anilines is 1. The molecule has 1 N–H and O–H groups in total. The zero-order chi connectivity index (χ0) is 12.4. The maximum absolute atomic E-state index is 11.9. The molecule has 0 aliphatic rings. The monoisotopic (exact) mass is 318 g/mol. The molecule has 0 saturated heterocycles. The first-order chi connectivity index (χ1) is 7.20. The van der Waals surface area contributed by atoms with E-state index in [0.29, 0.717) is 0 Å². The van der Waals surface area contributed by atoms with Crippen molar-refractivity contribution in [3.8, 4) is 0 Å². The highest BCUT2D eigenvalue weighted by atomic mass is 79.9. The van der Waals surface area contributed by atoms with Gasteiger partial charge in [-0.1, -0.05) is 0 Å². The third-order valence-corrected chi connectivity index (χ3v) is 3.22. The van der Waals surface area contributed by atoms with Crippen LogP contribution in [0.15, 0.2) is 22.8 Å². The van der Waals surface area contributed by atoms with Gasteiger partial charge in [-0.25, -0.2) is 13.4 Å². The third-order valence-electron chi connectivity index (χ3n) is 1.36. The van der Waals surface area contributed by atoms with Crippen LogP contribution in [0, 0.1) is 0 Å². The van der Waals surface area contributed by atoms with Gasteiger partial charge in [-0.2, -0.15) is 13.2 Å². The molecule has 4 nitrogen and oxygen atoms in total. The lowest BCUT2D eigenvalue weighted by molar-refractivity contribution is -0.106. The van der Waals surface area contributed by atoms with E-state index in [1.54, 1.807) is 4.72 Å². The fourth-order valence-electron chi connectivity index (χ4n) is 0.860. The standard InChI is InChI=1S/C7H6BrF3N2O2S/c8-5-2-1-3-12-6(5)13-16(14,15)4-7(9,10)11/h1-3H,4H2,(H,12,13). The van der Waals surface area contributed by atoms with Crippen LogP contribution in [0.2, 0.25) is 0 Å². The topological polar surface area (TPSA) is 59.1 Å². The smallest absolute Gasteiger partial charge is 0.266 e. The molecule has 16 heavy (non-hydrogen) atoms. The fourth-order valence-corrected chi connectivity index (χ4v) is 2.31. The zero-order valence-electron chi connectivity index (χ0n) is 7.62. The number of aromatic nitrogens is 1. The van der Waals surface area contributed by atoms with Crippen molar-refractivity contribution in [1.29, 1.82) is 0 Å². The summed E-state index contributed by atoms with van der Waals surface area (Å²) in [5.74, 6) is -2.12. The molecule has 1 aromatic heterocycles. The Morgan fingerprint density at radius 1 is 1.44 bits per heavy atom. The summed E-state index contributed by atoms with van der Waals surface area (Å²) in [6, 6.07) is 2.96. The Morgan fingerprint density at radius 2 is 2.06 bits per heavy atom. The lowest BCUT2D eigenvalue weighted by Crippen LogP contribution is -2.28. The normalized spacial score (nSPS) is 12.5. The first-order valence-corrected chi connectivity index (χ1v) is 6.32. The molecule has 1 rings (SSSR count). The quantitative estimate of drug-likeness (QED) is 0.929. The Kier molecular flexibility index (Phi) is 3.79. The van der Waals surface area contributed by atoms with E-state index < -0.39 is 22.0 Å². The molecule has 0 aliphatic heterocycles. The summed E-state index contributed by atoms with van der Waals surface area (Å²) in [4.78, 5) is 3.59. The SMILES string of the molecule is O=S(=O)(CC(F)(F)F)Nc1ncccc1Br. The van der Waals surface area contributed by atoms with Crippen molar-refractivity contribution in [2.45, 2.75) is 6.18 Å². The third kappa shape index (κ3) is 4.35. The molecular formula is C7H6BrF3N2O2S. The van der Waals surface area contributed by atoms with Crippen LogP contribution in [0.1, 0.15) is 0 Å². The minimum atomic E-state index is -4.78. The van der Waals surface area contributed by atoms with Gasteiger partial charge >= 0.3 is 6.18 Å². The number of alkyl halides is 3. The molecule has 0 amide bonds. The van der Waals surface area contributed by atoms with Gasteiger partial charge in [-0.3, -0.25) is 4.72 Å². The molecule has 0 bridgehead atoms. The highest BCUT2D eigenvalue weighted by Crippen LogP contribution is 2.22. The van der Waals surface area contributed by atoms with Gasteiger partial charge in [0.2, 0.25) is 10.0 Å². The Labute approximate surface area is 98.1 Å². The Hall–Kier alpha value is -0.830. The van der Waals surface area contributed by atoms with E-state index in [4.69, 9.17) is 0 Å². The zero-order valence-corrected chi connectivity index (χ0v) is 10.0. The van der Waals surface area contributed by atoms with Crippen LogP contribution in [0.4, 0.5) is 19.0 Å².